The second-order valence-corrected chi connectivity index (χ2v) is 3.86. The normalized spacial score (nSPS) is 10.1. The van der Waals surface area contributed by atoms with Crippen molar-refractivity contribution in [2.75, 3.05) is 6.61 Å². The molecule has 0 spiro atoms. The van der Waals surface area contributed by atoms with Crippen LogP contribution in [0.1, 0.15) is 9.67 Å². The first-order valence-electron chi connectivity index (χ1n) is 4.52. The summed E-state index contributed by atoms with van der Waals surface area (Å²) in [6.45, 7) is 1.00. The molecule has 0 amide bonds. The third-order valence-electron chi connectivity index (χ3n) is 1.86. The molecule has 78 valence electrons. The lowest BCUT2D eigenvalue weighted by Gasteiger charge is -2.03. The van der Waals surface area contributed by atoms with Gasteiger partial charge >= 0.3 is 5.97 Å². The number of nitrogens with zero attached hydrogens (tertiary/aromatic N) is 2. The molecule has 2 aromatic rings. The molecule has 0 aliphatic heterocycles. The summed E-state index contributed by atoms with van der Waals surface area (Å²) in [5.41, 5.74) is 0. The van der Waals surface area contributed by atoms with Gasteiger partial charge < -0.3 is 9.30 Å². The summed E-state index contributed by atoms with van der Waals surface area (Å²) in [4.78, 5) is 15.9. The van der Waals surface area contributed by atoms with Crippen molar-refractivity contribution in [1.82, 2.24) is 9.55 Å². The van der Waals surface area contributed by atoms with Crippen LogP contribution >= 0.6 is 11.3 Å². The van der Waals surface area contributed by atoms with Crippen molar-refractivity contribution in [2.45, 2.75) is 6.54 Å². The highest BCUT2D eigenvalue weighted by Gasteiger charge is 2.06. The van der Waals surface area contributed by atoms with Crippen LogP contribution in [0.2, 0.25) is 0 Å². The molecule has 0 aliphatic carbocycles. The lowest BCUT2D eigenvalue weighted by Crippen LogP contribution is -2.09. The van der Waals surface area contributed by atoms with E-state index >= 15 is 0 Å². The van der Waals surface area contributed by atoms with E-state index in [1.807, 2.05) is 22.2 Å². The van der Waals surface area contributed by atoms with E-state index in [1.165, 1.54) is 11.3 Å². The molecular formula is C10H10N2O2S. The van der Waals surface area contributed by atoms with Crippen LogP contribution in [0.15, 0.2) is 36.2 Å². The van der Waals surface area contributed by atoms with E-state index in [-0.39, 0.29) is 5.97 Å². The van der Waals surface area contributed by atoms with Gasteiger partial charge in [-0.2, -0.15) is 0 Å². The fraction of sp³-hybridized carbons (Fsp3) is 0.200. The Morgan fingerprint density at radius 2 is 2.53 bits per heavy atom. The molecule has 0 N–H and O–H groups in total. The molecular weight excluding hydrogens is 212 g/mol. The minimum absolute atomic E-state index is 0.259. The summed E-state index contributed by atoms with van der Waals surface area (Å²) in [5.74, 6) is -0.259. The summed E-state index contributed by atoms with van der Waals surface area (Å²) in [7, 11) is 0. The van der Waals surface area contributed by atoms with Crippen LogP contribution in [0.25, 0.3) is 0 Å². The molecule has 2 heterocycles. The molecule has 2 aromatic heterocycles. The lowest BCUT2D eigenvalue weighted by molar-refractivity contribution is 0.0497. The molecule has 0 bridgehead atoms. The zero-order valence-corrected chi connectivity index (χ0v) is 8.81. The van der Waals surface area contributed by atoms with Gasteiger partial charge in [0.2, 0.25) is 0 Å². The molecule has 0 fully saturated rings. The van der Waals surface area contributed by atoms with Gasteiger partial charge in [0.1, 0.15) is 11.5 Å². The van der Waals surface area contributed by atoms with E-state index in [1.54, 1.807) is 18.6 Å². The Kier molecular flexibility index (Phi) is 3.14. The second kappa shape index (κ2) is 4.75. The van der Waals surface area contributed by atoms with E-state index in [2.05, 4.69) is 4.98 Å². The van der Waals surface area contributed by atoms with Crippen molar-refractivity contribution >= 4 is 17.3 Å². The Labute approximate surface area is 91.1 Å². The first-order valence-corrected chi connectivity index (χ1v) is 5.40. The lowest BCUT2D eigenvalue weighted by atomic mass is 10.5. The molecule has 0 unspecified atom stereocenters. The molecule has 0 saturated heterocycles. The maximum atomic E-state index is 11.4. The van der Waals surface area contributed by atoms with Crippen LogP contribution in [-0.4, -0.2) is 22.1 Å². The van der Waals surface area contributed by atoms with Crippen LogP contribution in [0.5, 0.6) is 0 Å². The van der Waals surface area contributed by atoms with Crippen molar-refractivity contribution in [3.8, 4) is 0 Å². The predicted octanol–water partition coefficient (Wildman–Crippen LogP) is 1.80. The summed E-state index contributed by atoms with van der Waals surface area (Å²) < 4.78 is 6.95. The highest BCUT2D eigenvalue weighted by atomic mass is 32.1. The first-order chi connectivity index (χ1) is 7.36. The van der Waals surface area contributed by atoms with Gasteiger partial charge in [-0.25, -0.2) is 9.78 Å². The monoisotopic (exact) mass is 222 g/mol. The molecule has 0 radical (unpaired) electrons. The zero-order chi connectivity index (χ0) is 10.5. The number of ether oxygens (including phenoxy) is 1. The van der Waals surface area contributed by atoms with Gasteiger partial charge in [-0.15, -0.1) is 11.3 Å². The Morgan fingerprint density at radius 1 is 1.60 bits per heavy atom. The van der Waals surface area contributed by atoms with E-state index in [0.29, 0.717) is 18.0 Å². The predicted molar refractivity (Wildman–Crippen MR) is 56.8 cm³/mol. The van der Waals surface area contributed by atoms with Gasteiger partial charge in [-0.3, -0.25) is 0 Å². The molecule has 0 aliphatic rings. The van der Waals surface area contributed by atoms with E-state index in [0.717, 1.165) is 0 Å². The quantitative estimate of drug-likeness (QED) is 0.741. The number of rotatable bonds is 4. The van der Waals surface area contributed by atoms with E-state index in [4.69, 9.17) is 4.74 Å². The van der Waals surface area contributed by atoms with E-state index < -0.39 is 0 Å². The topological polar surface area (TPSA) is 44.1 Å². The van der Waals surface area contributed by atoms with Crippen LogP contribution in [0.4, 0.5) is 0 Å². The fourth-order valence-electron chi connectivity index (χ4n) is 1.13. The maximum Gasteiger partial charge on any atom is 0.348 e. The third-order valence-corrected chi connectivity index (χ3v) is 2.71. The van der Waals surface area contributed by atoms with Gasteiger partial charge in [0.05, 0.1) is 12.9 Å². The number of hydrogen-bond donors (Lipinski definition) is 0. The molecule has 4 nitrogen and oxygen atoms in total. The molecule has 5 heteroatoms. The van der Waals surface area contributed by atoms with Gasteiger partial charge in [-0.05, 0) is 11.4 Å². The summed E-state index contributed by atoms with van der Waals surface area (Å²) in [5, 5.41) is 1.85. The van der Waals surface area contributed by atoms with Gasteiger partial charge in [-0.1, -0.05) is 6.07 Å². The smallest absolute Gasteiger partial charge is 0.348 e. The number of thiophene rings is 1. The SMILES string of the molecule is O=C(OCCn1ccnc1)c1cccs1. The number of hydrogen-bond acceptors (Lipinski definition) is 4. The molecule has 2 rings (SSSR count). The number of carbonyl (C=O) groups excluding carboxylic acids is 1. The average molecular weight is 222 g/mol. The number of imidazole rings is 1. The van der Waals surface area contributed by atoms with Crippen LogP contribution in [-0.2, 0) is 11.3 Å². The van der Waals surface area contributed by atoms with Crippen molar-refractivity contribution in [3.05, 3.63) is 41.1 Å². The van der Waals surface area contributed by atoms with E-state index in [9.17, 15) is 4.79 Å². The summed E-state index contributed by atoms with van der Waals surface area (Å²) in [6.07, 6.45) is 5.22. The standard InChI is InChI=1S/C10H10N2O2S/c13-10(9-2-1-7-15-9)14-6-5-12-4-3-11-8-12/h1-4,7-8H,5-6H2. The van der Waals surface area contributed by atoms with Crippen LogP contribution in [0.3, 0.4) is 0 Å². The highest BCUT2D eigenvalue weighted by molar-refractivity contribution is 7.11. The Morgan fingerprint density at radius 3 is 3.20 bits per heavy atom. The Bertz CT molecular complexity index is 409. The van der Waals surface area contributed by atoms with Crippen molar-refractivity contribution in [3.63, 3.8) is 0 Å². The molecule has 0 atom stereocenters. The number of aromatic nitrogens is 2. The Hall–Kier alpha value is -1.62. The van der Waals surface area contributed by atoms with Gasteiger partial charge in [0, 0.05) is 12.4 Å². The molecule has 0 aromatic carbocycles. The summed E-state index contributed by atoms with van der Waals surface area (Å²) >= 11 is 1.39. The highest BCUT2D eigenvalue weighted by Crippen LogP contribution is 2.09. The average Bonchev–Trinajstić information content (AvgIpc) is 2.90. The Balaban J connectivity index is 1.77. The first kappa shape index (κ1) is 9.92. The minimum Gasteiger partial charge on any atom is -0.460 e. The van der Waals surface area contributed by atoms with Gasteiger partial charge in [0.15, 0.2) is 0 Å². The van der Waals surface area contributed by atoms with Crippen molar-refractivity contribution in [1.29, 1.82) is 0 Å². The maximum absolute atomic E-state index is 11.4. The summed E-state index contributed by atoms with van der Waals surface area (Å²) in [6, 6.07) is 3.58. The van der Waals surface area contributed by atoms with Crippen LogP contribution < -0.4 is 0 Å². The fourth-order valence-corrected chi connectivity index (χ4v) is 1.74. The minimum atomic E-state index is -0.259. The van der Waals surface area contributed by atoms with Crippen LogP contribution in [0, 0.1) is 0 Å². The molecule has 0 saturated carbocycles. The second-order valence-electron chi connectivity index (χ2n) is 2.91. The van der Waals surface area contributed by atoms with Gasteiger partial charge in [0.25, 0.3) is 0 Å². The van der Waals surface area contributed by atoms with Crippen molar-refractivity contribution < 1.29 is 9.53 Å². The third kappa shape index (κ3) is 2.66. The molecule has 15 heavy (non-hydrogen) atoms. The number of esters is 1. The number of carbonyl (C=O) groups is 1. The zero-order valence-electron chi connectivity index (χ0n) is 8.00. The van der Waals surface area contributed by atoms with Crippen molar-refractivity contribution in [2.24, 2.45) is 0 Å². The largest absolute Gasteiger partial charge is 0.460 e.